The molecule has 0 aliphatic rings. The van der Waals surface area contributed by atoms with E-state index in [-0.39, 0.29) is 12.2 Å². The van der Waals surface area contributed by atoms with Crippen LogP contribution < -0.4 is 9.47 Å². The molecule has 0 unspecified atom stereocenters. The van der Waals surface area contributed by atoms with Gasteiger partial charge in [0, 0.05) is 0 Å². The van der Waals surface area contributed by atoms with Crippen LogP contribution in [0.5, 0.6) is 11.5 Å². The minimum atomic E-state index is -1.06. The lowest BCUT2D eigenvalue weighted by molar-refractivity contribution is -0.133. The van der Waals surface area contributed by atoms with Crippen molar-refractivity contribution in [3.63, 3.8) is 0 Å². The maximum atomic E-state index is 10.6. The van der Waals surface area contributed by atoms with Gasteiger partial charge < -0.3 is 14.6 Å². The molecule has 4 heteroatoms. The number of rotatable bonds is 7. The van der Waals surface area contributed by atoms with Gasteiger partial charge in [-0.2, -0.15) is 0 Å². The summed E-state index contributed by atoms with van der Waals surface area (Å²) in [5.74, 6) is 0.0906. The van der Waals surface area contributed by atoms with Crippen molar-refractivity contribution in [2.24, 2.45) is 0 Å². The van der Waals surface area contributed by atoms with Gasteiger partial charge in [0.15, 0.2) is 11.5 Å². The van der Waals surface area contributed by atoms with Crippen LogP contribution in [0, 0.1) is 0 Å². The fourth-order valence-corrected chi connectivity index (χ4v) is 1.13. The maximum absolute atomic E-state index is 10.6. The monoisotopic (exact) mass is 236 g/mol. The lowest BCUT2D eigenvalue weighted by atomic mass is 10.3. The Labute approximate surface area is 100 Å². The summed E-state index contributed by atoms with van der Waals surface area (Å²) >= 11 is 0. The van der Waals surface area contributed by atoms with Crippen LogP contribution in [0.1, 0.15) is 13.3 Å². The first-order valence-electron chi connectivity index (χ1n) is 5.40. The van der Waals surface area contributed by atoms with E-state index in [0.29, 0.717) is 18.1 Å². The second kappa shape index (κ2) is 6.58. The van der Waals surface area contributed by atoms with Crippen LogP contribution in [-0.4, -0.2) is 24.3 Å². The van der Waals surface area contributed by atoms with Crippen LogP contribution >= 0.6 is 0 Å². The molecular weight excluding hydrogens is 220 g/mol. The van der Waals surface area contributed by atoms with Crippen molar-refractivity contribution in [1.29, 1.82) is 0 Å². The molecule has 0 fully saturated rings. The number of carboxylic acid groups (broad SMARTS) is 1. The van der Waals surface area contributed by atoms with E-state index >= 15 is 0 Å². The van der Waals surface area contributed by atoms with Crippen molar-refractivity contribution >= 4 is 5.97 Å². The summed E-state index contributed by atoms with van der Waals surface area (Å²) in [6.07, 6.45) is 0.899. The number of hydrogen-bond donors (Lipinski definition) is 1. The Morgan fingerprint density at radius 3 is 2.41 bits per heavy atom. The number of aliphatic carboxylic acids is 1. The zero-order chi connectivity index (χ0) is 12.7. The Kier molecular flexibility index (Phi) is 5.07. The highest BCUT2D eigenvalue weighted by molar-refractivity contribution is 5.86. The van der Waals surface area contributed by atoms with Crippen LogP contribution in [0.4, 0.5) is 0 Å². The molecule has 0 radical (unpaired) electrons. The minimum absolute atomic E-state index is 0.00953. The van der Waals surface area contributed by atoms with E-state index in [0.717, 1.165) is 6.42 Å². The number of hydrogen-bond acceptors (Lipinski definition) is 3. The Morgan fingerprint density at radius 1 is 1.29 bits per heavy atom. The molecule has 17 heavy (non-hydrogen) atoms. The van der Waals surface area contributed by atoms with E-state index in [1.807, 2.05) is 13.0 Å². The second-order valence-electron chi connectivity index (χ2n) is 3.49. The highest BCUT2D eigenvalue weighted by atomic mass is 16.5. The number of ether oxygens (including phenoxy) is 2. The lowest BCUT2D eigenvalue weighted by Gasteiger charge is -2.11. The predicted molar refractivity (Wildman–Crippen MR) is 64.5 cm³/mol. The highest BCUT2D eigenvalue weighted by Crippen LogP contribution is 2.26. The number of carboxylic acids is 1. The topological polar surface area (TPSA) is 55.8 Å². The van der Waals surface area contributed by atoms with Crippen molar-refractivity contribution in [3.05, 3.63) is 36.4 Å². The summed E-state index contributed by atoms with van der Waals surface area (Å²) in [6.45, 7) is 5.95. The Hall–Kier alpha value is -1.97. The van der Waals surface area contributed by atoms with Gasteiger partial charge in [-0.15, -0.1) is 0 Å². The smallest absolute Gasteiger partial charge is 0.334 e. The average molecular weight is 236 g/mol. The molecule has 4 nitrogen and oxygen atoms in total. The molecule has 0 atom stereocenters. The number of benzene rings is 1. The highest BCUT2D eigenvalue weighted by Gasteiger charge is 2.08. The molecule has 1 aromatic carbocycles. The van der Waals surface area contributed by atoms with Gasteiger partial charge in [0.25, 0.3) is 0 Å². The standard InChI is InChI=1S/C13H16O4/c1-3-8-16-11-6-4-5-7-12(11)17-9-10(2)13(14)15/h4-7H,2-3,8-9H2,1H3,(H,14,15). The largest absolute Gasteiger partial charge is 0.490 e. The van der Waals surface area contributed by atoms with Crippen molar-refractivity contribution in [2.45, 2.75) is 13.3 Å². The van der Waals surface area contributed by atoms with Crippen molar-refractivity contribution in [2.75, 3.05) is 13.2 Å². The molecule has 0 amide bonds. The van der Waals surface area contributed by atoms with Gasteiger partial charge >= 0.3 is 5.97 Å². The summed E-state index contributed by atoms with van der Waals surface area (Å²) in [7, 11) is 0. The molecule has 1 rings (SSSR count). The molecule has 0 saturated heterocycles. The van der Waals surface area contributed by atoms with Crippen LogP contribution in [-0.2, 0) is 4.79 Å². The third-order valence-electron chi connectivity index (χ3n) is 2.02. The van der Waals surface area contributed by atoms with Gasteiger partial charge in [0.2, 0.25) is 0 Å². The Morgan fingerprint density at radius 2 is 1.88 bits per heavy atom. The van der Waals surface area contributed by atoms with E-state index in [9.17, 15) is 4.79 Å². The van der Waals surface area contributed by atoms with Crippen LogP contribution in [0.15, 0.2) is 36.4 Å². The summed E-state index contributed by atoms with van der Waals surface area (Å²) in [5, 5.41) is 8.66. The third-order valence-corrected chi connectivity index (χ3v) is 2.02. The quantitative estimate of drug-likeness (QED) is 0.739. The summed E-state index contributed by atoms with van der Waals surface area (Å²) in [5.41, 5.74) is 0.00953. The van der Waals surface area contributed by atoms with Crippen LogP contribution in [0.2, 0.25) is 0 Å². The van der Waals surface area contributed by atoms with E-state index in [1.54, 1.807) is 18.2 Å². The molecule has 0 spiro atoms. The van der Waals surface area contributed by atoms with Gasteiger partial charge in [0.1, 0.15) is 6.61 Å². The second-order valence-corrected chi connectivity index (χ2v) is 3.49. The molecule has 0 heterocycles. The van der Waals surface area contributed by atoms with E-state index in [1.165, 1.54) is 0 Å². The normalized spacial score (nSPS) is 9.71. The molecule has 0 bridgehead atoms. The van der Waals surface area contributed by atoms with Crippen molar-refractivity contribution in [1.82, 2.24) is 0 Å². The minimum Gasteiger partial charge on any atom is -0.490 e. The van der Waals surface area contributed by atoms with Crippen molar-refractivity contribution in [3.8, 4) is 11.5 Å². The van der Waals surface area contributed by atoms with E-state index < -0.39 is 5.97 Å². The number of carbonyl (C=O) groups is 1. The first kappa shape index (κ1) is 13.1. The molecule has 92 valence electrons. The van der Waals surface area contributed by atoms with Gasteiger partial charge in [-0.25, -0.2) is 4.79 Å². The fraction of sp³-hybridized carbons (Fsp3) is 0.308. The molecule has 0 aliphatic carbocycles. The third kappa shape index (κ3) is 4.18. The molecule has 0 aromatic heterocycles. The van der Waals surface area contributed by atoms with E-state index in [2.05, 4.69) is 6.58 Å². The molecule has 1 aromatic rings. The van der Waals surface area contributed by atoms with Crippen LogP contribution in [0.25, 0.3) is 0 Å². The van der Waals surface area contributed by atoms with Crippen molar-refractivity contribution < 1.29 is 19.4 Å². The predicted octanol–water partition coefficient (Wildman–Crippen LogP) is 2.50. The van der Waals surface area contributed by atoms with Gasteiger partial charge in [-0.3, -0.25) is 0 Å². The van der Waals surface area contributed by atoms with Gasteiger partial charge in [-0.05, 0) is 18.6 Å². The summed E-state index contributed by atoms with van der Waals surface area (Å²) in [6, 6.07) is 7.16. The zero-order valence-corrected chi connectivity index (χ0v) is 9.81. The van der Waals surface area contributed by atoms with Gasteiger partial charge in [0.05, 0.1) is 12.2 Å². The average Bonchev–Trinajstić information content (AvgIpc) is 2.34. The van der Waals surface area contributed by atoms with Gasteiger partial charge in [-0.1, -0.05) is 25.6 Å². The summed E-state index contributed by atoms with van der Waals surface area (Å²) < 4.78 is 10.8. The van der Waals surface area contributed by atoms with Crippen LogP contribution in [0.3, 0.4) is 0 Å². The SMILES string of the molecule is C=C(COc1ccccc1OCCC)C(=O)O. The molecule has 0 saturated carbocycles. The summed E-state index contributed by atoms with van der Waals surface area (Å²) in [4.78, 5) is 10.6. The Bertz CT molecular complexity index is 398. The Balaban J connectivity index is 2.63. The first-order valence-corrected chi connectivity index (χ1v) is 5.40. The zero-order valence-electron chi connectivity index (χ0n) is 9.81. The maximum Gasteiger partial charge on any atom is 0.334 e. The van der Waals surface area contributed by atoms with E-state index in [4.69, 9.17) is 14.6 Å². The molecule has 1 N–H and O–H groups in total. The molecule has 0 aliphatic heterocycles. The lowest BCUT2D eigenvalue weighted by Crippen LogP contribution is -2.09. The fourth-order valence-electron chi connectivity index (χ4n) is 1.13. The first-order chi connectivity index (χ1) is 8.15. The number of para-hydroxylation sites is 2. The molecular formula is C13H16O4.